The number of esters is 1. The zero-order valence-electron chi connectivity index (χ0n) is 11.8. The number of benzene rings is 1. The summed E-state index contributed by atoms with van der Waals surface area (Å²) >= 11 is 1.16. The number of H-pyrrole nitrogens is 1. The molecule has 116 valence electrons. The van der Waals surface area contributed by atoms with Gasteiger partial charge < -0.3 is 4.74 Å². The van der Waals surface area contributed by atoms with Crippen molar-refractivity contribution < 1.29 is 14.5 Å². The van der Waals surface area contributed by atoms with Crippen LogP contribution in [0.4, 0.5) is 5.69 Å². The van der Waals surface area contributed by atoms with Gasteiger partial charge in [-0.3, -0.25) is 15.2 Å². The fourth-order valence-corrected chi connectivity index (χ4v) is 2.41. The first kappa shape index (κ1) is 16.0. The highest BCUT2D eigenvalue weighted by atomic mass is 32.2. The lowest BCUT2D eigenvalue weighted by Crippen LogP contribution is -2.08. The summed E-state index contributed by atoms with van der Waals surface area (Å²) in [5.74, 6) is -0.584. The molecule has 0 spiro atoms. The van der Waals surface area contributed by atoms with Crippen molar-refractivity contribution >= 4 is 23.4 Å². The van der Waals surface area contributed by atoms with Crippen LogP contribution in [0.15, 0.2) is 34.6 Å². The summed E-state index contributed by atoms with van der Waals surface area (Å²) < 4.78 is 5.14. The number of hydrogen-bond donors (Lipinski definition) is 1. The minimum absolute atomic E-state index is 0.145. The number of aromatic nitrogens is 3. The third-order valence-electron chi connectivity index (χ3n) is 2.72. The highest BCUT2D eigenvalue weighted by Gasteiger charge is 2.19. The molecule has 1 heterocycles. The lowest BCUT2D eigenvalue weighted by Gasteiger charge is -2.08. The largest absolute Gasteiger partial charge is 0.462 e. The molecule has 8 nitrogen and oxygen atoms in total. The van der Waals surface area contributed by atoms with Crippen LogP contribution in [-0.4, -0.2) is 32.7 Å². The van der Waals surface area contributed by atoms with Crippen molar-refractivity contribution in [2.75, 3.05) is 6.61 Å². The maximum Gasteiger partial charge on any atom is 0.339 e. The van der Waals surface area contributed by atoms with Crippen molar-refractivity contribution in [2.45, 2.75) is 29.8 Å². The lowest BCUT2D eigenvalue weighted by atomic mass is 10.2. The number of nitrogens with one attached hydrogen (secondary N) is 1. The van der Waals surface area contributed by atoms with E-state index in [1.807, 2.05) is 6.92 Å². The molecule has 1 N–H and O–H groups in total. The van der Waals surface area contributed by atoms with E-state index >= 15 is 0 Å². The molecule has 0 fully saturated rings. The number of nitrogens with zero attached hydrogens (tertiary/aromatic N) is 3. The Hall–Kier alpha value is -2.42. The molecule has 0 atom stereocenters. The molecule has 2 rings (SSSR count). The van der Waals surface area contributed by atoms with Gasteiger partial charge >= 0.3 is 5.97 Å². The SMILES string of the molecule is CCCCOC(=O)c1cc([N+](=O)[O-])ccc1Sc1ncn[nH]1. The average Bonchev–Trinajstić information content (AvgIpc) is 3.00. The van der Waals surface area contributed by atoms with E-state index in [-0.39, 0.29) is 17.9 Å². The third kappa shape index (κ3) is 4.04. The maximum atomic E-state index is 12.1. The van der Waals surface area contributed by atoms with E-state index in [4.69, 9.17) is 4.74 Å². The summed E-state index contributed by atoms with van der Waals surface area (Å²) in [4.78, 5) is 26.9. The number of non-ortho nitro benzene ring substituents is 1. The van der Waals surface area contributed by atoms with Gasteiger partial charge in [-0.25, -0.2) is 9.78 Å². The number of ether oxygens (including phenoxy) is 1. The van der Waals surface area contributed by atoms with E-state index in [0.717, 1.165) is 24.6 Å². The number of nitro groups is 1. The molecule has 0 bridgehead atoms. The molecule has 0 unspecified atom stereocenters. The van der Waals surface area contributed by atoms with Crippen molar-refractivity contribution in [3.05, 3.63) is 40.2 Å². The molecule has 2 aromatic rings. The van der Waals surface area contributed by atoms with Crippen molar-refractivity contribution in [3.8, 4) is 0 Å². The van der Waals surface area contributed by atoms with E-state index in [1.165, 1.54) is 24.5 Å². The maximum absolute atomic E-state index is 12.1. The minimum Gasteiger partial charge on any atom is -0.462 e. The van der Waals surface area contributed by atoms with Gasteiger partial charge in [-0.05, 0) is 24.2 Å². The molecule has 0 aliphatic rings. The van der Waals surface area contributed by atoms with Gasteiger partial charge in [-0.1, -0.05) is 13.3 Å². The van der Waals surface area contributed by atoms with Gasteiger partial charge in [0, 0.05) is 17.0 Å². The Morgan fingerprint density at radius 1 is 1.50 bits per heavy atom. The number of nitro benzene ring substituents is 1. The van der Waals surface area contributed by atoms with E-state index in [2.05, 4.69) is 15.2 Å². The van der Waals surface area contributed by atoms with Gasteiger partial charge in [-0.15, -0.1) is 0 Å². The van der Waals surface area contributed by atoms with E-state index in [1.54, 1.807) is 0 Å². The van der Waals surface area contributed by atoms with Crippen LogP contribution in [0.3, 0.4) is 0 Å². The molecule has 1 aromatic heterocycles. The number of carbonyl (C=O) groups is 1. The number of aromatic amines is 1. The Kier molecular flexibility index (Phi) is 5.48. The standard InChI is InChI=1S/C13H14N4O4S/c1-2-3-6-21-12(18)10-7-9(17(19)20)4-5-11(10)22-13-14-8-15-16-13/h4-5,7-8H,2-3,6H2,1H3,(H,14,15,16). The number of unbranched alkanes of at least 4 members (excludes halogenated alkanes) is 1. The van der Waals surface area contributed by atoms with Crippen LogP contribution in [-0.2, 0) is 4.74 Å². The smallest absolute Gasteiger partial charge is 0.339 e. The van der Waals surface area contributed by atoms with E-state index in [0.29, 0.717) is 10.1 Å². The monoisotopic (exact) mass is 322 g/mol. The Labute approximate surface area is 130 Å². The molecule has 9 heteroatoms. The highest BCUT2D eigenvalue weighted by molar-refractivity contribution is 7.99. The Morgan fingerprint density at radius 3 is 2.95 bits per heavy atom. The minimum atomic E-state index is -0.584. The topological polar surface area (TPSA) is 111 Å². The molecule has 0 amide bonds. The molecule has 0 radical (unpaired) electrons. The van der Waals surface area contributed by atoms with Crippen LogP contribution in [0, 0.1) is 10.1 Å². The molecule has 0 saturated carbocycles. The molecule has 0 saturated heterocycles. The Balaban J connectivity index is 2.27. The number of hydrogen-bond acceptors (Lipinski definition) is 7. The second-order valence-electron chi connectivity index (χ2n) is 4.32. The fraction of sp³-hybridized carbons (Fsp3) is 0.308. The van der Waals surface area contributed by atoms with Crippen LogP contribution in [0.2, 0.25) is 0 Å². The first-order valence-electron chi connectivity index (χ1n) is 6.60. The molecule has 1 aromatic carbocycles. The predicted octanol–water partition coefficient (Wildman–Crippen LogP) is 2.82. The van der Waals surface area contributed by atoms with Gasteiger partial charge in [0.1, 0.15) is 6.33 Å². The second kappa shape index (κ2) is 7.55. The van der Waals surface area contributed by atoms with Crippen LogP contribution < -0.4 is 0 Å². The first-order chi connectivity index (χ1) is 10.6. The quantitative estimate of drug-likeness (QED) is 0.361. The summed E-state index contributed by atoms with van der Waals surface area (Å²) in [6.07, 6.45) is 2.97. The van der Waals surface area contributed by atoms with Crippen molar-refractivity contribution in [1.29, 1.82) is 0 Å². The van der Waals surface area contributed by atoms with Crippen LogP contribution in [0.1, 0.15) is 30.1 Å². The van der Waals surface area contributed by atoms with Crippen LogP contribution >= 0.6 is 11.8 Å². The van der Waals surface area contributed by atoms with E-state index < -0.39 is 10.9 Å². The summed E-state index contributed by atoms with van der Waals surface area (Å²) in [7, 11) is 0. The van der Waals surface area contributed by atoms with Gasteiger partial charge in [0.25, 0.3) is 5.69 Å². The summed E-state index contributed by atoms with van der Waals surface area (Å²) in [6.45, 7) is 2.26. The number of rotatable bonds is 7. The molecular weight excluding hydrogens is 308 g/mol. The predicted molar refractivity (Wildman–Crippen MR) is 78.8 cm³/mol. The number of carbonyl (C=O) groups excluding carboxylic acids is 1. The van der Waals surface area contributed by atoms with Gasteiger partial charge in [-0.2, -0.15) is 5.10 Å². The van der Waals surface area contributed by atoms with Gasteiger partial charge in [0.2, 0.25) is 0 Å². The van der Waals surface area contributed by atoms with Crippen LogP contribution in [0.5, 0.6) is 0 Å². The Morgan fingerprint density at radius 2 is 2.32 bits per heavy atom. The normalized spacial score (nSPS) is 10.4. The summed E-state index contributed by atoms with van der Waals surface area (Å²) in [5, 5.41) is 17.7. The molecule has 22 heavy (non-hydrogen) atoms. The van der Waals surface area contributed by atoms with Gasteiger partial charge in [0.05, 0.1) is 17.1 Å². The lowest BCUT2D eigenvalue weighted by molar-refractivity contribution is -0.384. The van der Waals surface area contributed by atoms with Crippen molar-refractivity contribution in [2.24, 2.45) is 0 Å². The molecule has 0 aliphatic heterocycles. The highest BCUT2D eigenvalue weighted by Crippen LogP contribution is 2.30. The zero-order valence-corrected chi connectivity index (χ0v) is 12.6. The first-order valence-corrected chi connectivity index (χ1v) is 7.42. The molecule has 0 aliphatic carbocycles. The Bertz CT molecular complexity index is 660. The average molecular weight is 322 g/mol. The fourth-order valence-electron chi connectivity index (χ4n) is 1.61. The van der Waals surface area contributed by atoms with Crippen LogP contribution in [0.25, 0.3) is 0 Å². The summed E-state index contributed by atoms with van der Waals surface area (Å²) in [6, 6.07) is 4.05. The van der Waals surface area contributed by atoms with Crippen molar-refractivity contribution in [1.82, 2.24) is 15.2 Å². The van der Waals surface area contributed by atoms with E-state index in [9.17, 15) is 14.9 Å². The zero-order chi connectivity index (χ0) is 15.9. The van der Waals surface area contributed by atoms with Gasteiger partial charge in [0.15, 0.2) is 5.16 Å². The van der Waals surface area contributed by atoms with Crippen molar-refractivity contribution in [3.63, 3.8) is 0 Å². The second-order valence-corrected chi connectivity index (χ2v) is 5.35. The third-order valence-corrected chi connectivity index (χ3v) is 3.69. The summed E-state index contributed by atoms with van der Waals surface area (Å²) in [5.41, 5.74) is -0.0175. The molecular formula is C13H14N4O4S.